The highest BCUT2D eigenvalue weighted by Crippen LogP contribution is 2.36. The van der Waals surface area contributed by atoms with Crippen molar-refractivity contribution in [2.75, 3.05) is 0 Å². The third-order valence-corrected chi connectivity index (χ3v) is 3.96. The molecular formula is C17H21N3O. The summed E-state index contributed by atoms with van der Waals surface area (Å²) in [5.74, 6) is -0.0128. The SMILES string of the molecule is CC[C@@H](NC(=O)c1cccn1C1CC1)c1ccc(C)cn1. The molecule has 21 heavy (non-hydrogen) atoms. The third kappa shape index (κ3) is 2.99. The molecule has 2 heterocycles. The van der Waals surface area contributed by atoms with Gasteiger partial charge in [-0.25, -0.2) is 0 Å². The molecule has 1 N–H and O–H groups in total. The van der Waals surface area contributed by atoms with Gasteiger partial charge in [-0.1, -0.05) is 13.0 Å². The quantitative estimate of drug-likeness (QED) is 0.914. The molecular weight excluding hydrogens is 262 g/mol. The number of amides is 1. The van der Waals surface area contributed by atoms with Crippen molar-refractivity contribution in [3.8, 4) is 0 Å². The Morgan fingerprint density at radius 3 is 2.86 bits per heavy atom. The lowest BCUT2D eigenvalue weighted by Gasteiger charge is -2.17. The first kappa shape index (κ1) is 13.9. The molecule has 4 heteroatoms. The van der Waals surface area contributed by atoms with Crippen LogP contribution in [0.4, 0.5) is 0 Å². The van der Waals surface area contributed by atoms with Crippen LogP contribution in [0.25, 0.3) is 0 Å². The first-order valence-electron chi connectivity index (χ1n) is 7.59. The van der Waals surface area contributed by atoms with Crippen molar-refractivity contribution in [1.82, 2.24) is 14.9 Å². The molecule has 2 aromatic heterocycles. The molecule has 0 radical (unpaired) electrons. The average molecular weight is 283 g/mol. The molecule has 1 atom stereocenters. The summed E-state index contributed by atoms with van der Waals surface area (Å²) in [6.45, 7) is 4.07. The molecule has 1 aliphatic rings. The predicted molar refractivity (Wildman–Crippen MR) is 82.2 cm³/mol. The van der Waals surface area contributed by atoms with E-state index in [4.69, 9.17) is 0 Å². The van der Waals surface area contributed by atoms with E-state index in [0.29, 0.717) is 6.04 Å². The fourth-order valence-corrected chi connectivity index (χ4v) is 2.56. The number of hydrogen-bond acceptors (Lipinski definition) is 2. The smallest absolute Gasteiger partial charge is 0.268 e. The molecule has 0 unspecified atom stereocenters. The van der Waals surface area contributed by atoms with E-state index in [9.17, 15) is 4.79 Å². The van der Waals surface area contributed by atoms with Gasteiger partial charge >= 0.3 is 0 Å². The van der Waals surface area contributed by atoms with Gasteiger partial charge in [0.1, 0.15) is 5.69 Å². The number of aromatic nitrogens is 2. The standard InChI is InChI=1S/C17H21N3O/c1-3-14(15-9-6-12(2)11-18-15)19-17(21)16-5-4-10-20(16)13-7-8-13/h4-6,9-11,13-14H,3,7-8H2,1-2H3,(H,19,21)/t14-/m1/s1. The van der Waals surface area contributed by atoms with E-state index < -0.39 is 0 Å². The van der Waals surface area contributed by atoms with Crippen LogP contribution in [0.2, 0.25) is 0 Å². The van der Waals surface area contributed by atoms with Crippen LogP contribution in [0, 0.1) is 6.92 Å². The maximum Gasteiger partial charge on any atom is 0.268 e. The summed E-state index contributed by atoms with van der Waals surface area (Å²) in [7, 11) is 0. The Morgan fingerprint density at radius 1 is 1.43 bits per heavy atom. The number of aryl methyl sites for hydroxylation is 1. The van der Waals surface area contributed by atoms with Crippen LogP contribution in [-0.4, -0.2) is 15.5 Å². The third-order valence-electron chi connectivity index (χ3n) is 3.96. The summed E-state index contributed by atoms with van der Waals surface area (Å²) in [4.78, 5) is 16.9. The summed E-state index contributed by atoms with van der Waals surface area (Å²) >= 11 is 0. The Labute approximate surface area is 125 Å². The maximum absolute atomic E-state index is 12.5. The monoisotopic (exact) mass is 283 g/mol. The van der Waals surface area contributed by atoms with Gasteiger partial charge in [0.2, 0.25) is 0 Å². The van der Waals surface area contributed by atoms with Gasteiger partial charge in [-0.2, -0.15) is 0 Å². The number of nitrogens with one attached hydrogen (secondary N) is 1. The highest BCUT2D eigenvalue weighted by molar-refractivity contribution is 5.93. The average Bonchev–Trinajstić information content (AvgIpc) is 3.22. The normalized spacial score (nSPS) is 15.7. The first-order valence-corrected chi connectivity index (χ1v) is 7.59. The molecule has 0 saturated heterocycles. The first-order chi connectivity index (χ1) is 10.2. The molecule has 110 valence electrons. The number of pyridine rings is 1. The maximum atomic E-state index is 12.5. The Bertz CT molecular complexity index is 626. The molecule has 4 nitrogen and oxygen atoms in total. The van der Waals surface area contributed by atoms with Crippen LogP contribution in [0.5, 0.6) is 0 Å². The minimum absolute atomic E-state index is 0.0128. The van der Waals surface area contributed by atoms with E-state index in [-0.39, 0.29) is 11.9 Å². The lowest BCUT2D eigenvalue weighted by Crippen LogP contribution is -2.30. The Kier molecular flexibility index (Phi) is 3.78. The molecule has 1 aliphatic carbocycles. The van der Waals surface area contributed by atoms with E-state index in [0.717, 1.165) is 23.4 Å². The molecule has 3 rings (SSSR count). The van der Waals surface area contributed by atoms with Gasteiger partial charge in [-0.05, 0) is 49.9 Å². The van der Waals surface area contributed by atoms with Gasteiger partial charge in [0, 0.05) is 18.4 Å². The van der Waals surface area contributed by atoms with Crippen LogP contribution < -0.4 is 5.32 Å². The number of carbonyl (C=O) groups excluding carboxylic acids is 1. The lowest BCUT2D eigenvalue weighted by molar-refractivity contribution is 0.0925. The number of rotatable bonds is 5. The van der Waals surface area contributed by atoms with E-state index in [1.165, 1.54) is 12.8 Å². The molecule has 1 amide bonds. The van der Waals surface area contributed by atoms with Crippen molar-refractivity contribution in [3.63, 3.8) is 0 Å². The zero-order valence-electron chi connectivity index (χ0n) is 12.5. The van der Waals surface area contributed by atoms with Gasteiger partial charge in [0.25, 0.3) is 5.91 Å². The molecule has 0 spiro atoms. The number of carbonyl (C=O) groups is 1. The van der Waals surface area contributed by atoms with Crippen LogP contribution in [0.1, 0.15) is 60.0 Å². The van der Waals surface area contributed by atoms with E-state index in [2.05, 4.69) is 21.8 Å². The summed E-state index contributed by atoms with van der Waals surface area (Å²) in [5.41, 5.74) is 2.80. The molecule has 1 saturated carbocycles. The minimum atomic E-state index is -0.0411. The van der Waals surface area contributed by atoms with Gasteiger partial charge in [0.05, 0.1) is 11.7 Å². The van der Waals surface area contributed by atoms with Crippen molar-refractivity contribution < 1.29 is 4.79 Å². The second-order valence-electron chi connectivity index (χ2n) is 5.73. The highest BCUT2D eigenvalue weighted by atomic mass is 16.2. The van der Waals surface area contributed by atoms with Gasteiger partial charge in [0.15, 0.2) is 0 Å². The summed E-state index contributed by atoms with van der Waals surface area (Å²) in [6.07, 6.45) is 7.01. The van der Waals surface area contributed by atoms with Gasteiger partial charge in [-0.15, -0.1) is 0 Å². The highest BCUT2D eigenvalue weighted by Gasteiger charge is 2.27. The topological polar surface area (TPSA) is 46.9 Å². The van der Waals surface area contributed by atoms with Gasteiger partial charge in [-0.3, -0.25) is 9.78 Å². The van der Waals surface area contributed by atoms with E-state index >= 15 is 0 Å². The van der Waals surface area contributed by atoms with E-state index in [1.54, 1.807) is 0 Å². The van der Waals surface area contributed by atoms with Crippen LogP contribution in [-0.2, 0) is 0 Å². The van der Waals surface area contributed by atoms with Gasteiger partial charge < -0.3 is 9.88 Å². The number of hydrogen-bond donors (Lipinski definition) is 1. The second kappa shape index (κ2) is 5.72. The fraction of sp³-hybridized carbons (Fsp3) is 0.412. The zero-order chi connectivity index (χ0) is 14.8. The summed E-state index contributed by atoms with van der Waals surface area (Å²) in [5, 5.41) is 3.11. The molecule has 0 aromatic carbocycles. The minimum Gasteiger partial charge on any atom is -0.342 e. The van der Waals surface area contributed by atoms with Crippen LogP contribution in [0.3, 0.4) is 0 Å². The molecule has 1 fully saturated rings. The summed E-state index contributed by atoms with van der Waals surface area (Å²) < 4.78 is 2.09. The fourth-order valence-electron chi connectivity index (χ4n) is 2.56. The predicted octanol–water partition coefficient (Wildman–Crippen LogP) is 3.41. The van der Waals surface area contributed by atoms with Crippen LogP contribution >= 0.6 is 0 Å². The van der Waals surface area contributed by atoms with Crippen molar-refractivity contribution in [1.29, 1.82) is 0 Å². The van der Waals surface area contributed by atoms with Crippen LogP contribution in [0.15, 0.2) is 36.7 Å². The number of nitrogens with zero attached hydrogens (tertiary/aromatic N) is 2. The second-order valence-corrected chi connectivity index (χ2v) is 5.73. The van der Waals surface area contributed by atoms with E-state index in [1.807, 2.05) is 43.6 Å². The zero-order valence-corrected chi connectivity index (χ0v) is 12.5. The summed E-state index contributed by atoms with van der Waals surface area (Å²) in [6, 6.07) is 8.33. The van der Waals surface area contributed by atoms with Crippen molar-refractivity contribution in [2.45, 2.75) is 45.2 Å². The lowest BCUT2D eigenvalue weighted by atomic mass is 10.1. The molecule has 0 aliphatic heterocycles. The van der Waals surface area contributed by atoms with Crippen molar-refractivity contribution in [2.24, 2.45) is 0 Å². The largest absolute Gasteiger partial charge is 0.342 e. The molecule has 2 aromatic rings. The Balaban J connectivity index is 1.75. The Hall–Kier alpha value is -2.10. The molecule has 0 bridgehead atoms. The van der Waals surface area contributed by atoms with Crippen molar-refractivity contribution >= 4 is 5.91 Å². The Morgan fingerprint density at radius 2 is 2.24 bits per heavy atom. The van der Waals surface area contributed by atoms with Crippen molar-refractivity contribution in [3.05, 3.63) is 53.6 Å².